The SMILES string of the molecule is CC(C)(C)OC(=O)NC1CCN(CC(=O)NC2CCc3ccccc3C2)C1=O. The molecule has 2 aliphatic rings. The third kappa shape index (κ3) is 5.24. The molecule has 152 valence electrons. The number of likely N-dealkylation sites (tertiary alicyclic amines) is 1. The molecule has 0 saturated carbocycles. The van der Waals surface area contributed by atoms with Crippen LogP contribution in [0.25, 0.3) is 0 Å². The van der Waals surface area contributed by atoms with E-state index in [1.54, 1.807) is 20.8 Å². The summed E-state index contributed by atoms with van der Waals surface area (Å²) in [6.07, 6.45) is 2.53. The van der Waals surface area contributed by atoms with Crippen molar-refractivity contribution in [3.05, 3.63) is 35.4 Å². The van der Waals surface area contributed by atoms with Gasteiger partial charge in [-0.2, -0.15) is 0 Å². The van der Waals surface area contributed by atoms with Gasteiger partial charge in [0.2, 0.25) is 11.8 Å². The van der Waals surface area contributed by atoms with Gasteiger partial charge in [0.05, 0.1) is 6.54 Å². The summed E-state index contributed by atoms with van der Waals surface area (Å²) in [5.74, 6) is -0.398. The zero-order chi connectivity index (χ0) is 20.3. The lowest BCUT2D eigenvalue weighted by Gasteiger charge is -2.26. The lowest BCUT2D eigenvalue weighted by Crippen LogP contribution is -2.47. The van der Waals surface area contributed by atoms with Gasteiger partial charge in [-0.25, -0.2) is 4.79 Å². The van der Waals surface area contributed by atoms with E-state index in [0.29, 0.717) is 13.0 Å². The summed E-state index contributed by atoms with van der Waals surface area (Å²) >= 11 is 0. The van der Waals surface area contributed by atoms with Crippen molar-refractivity contribution in [2.24, 2.45) is 0 Å². The van der Waals surface area contributed by atoms with E-state index in [1.165, 1.54) is 16.0 Å². The Morgan fingerprint density at radius 3 is 2.57 bits per heavy atom. The van der Waals surface area contributed by atoms with Crippen LogP contribution < -0.4 is 10.6 Å². The molecule has 2 unspecified atom stereocenters. The lowest BCUT2D eigenvalue weighted by atomic mass is 9.88. The van der Waals surface area contributed by atoms with Crippen LogP contribution in [-0.4, -0.2) is 53.6 Å². The van der Waals surface area contributed by atoms with Crippen molar-refractivity contribution in [3.8, 4) is 0 Å². The fourth-order valence-corrected chi connectivity index (χ4v) is 3.75. The average molecular weight is 387 g/mol. The molecule has 0 radical (unpaired) electrons. The number of aryl methyl sites for hydroxylation is 1. The van der Waals surface area contributed by atoms with Gasteiger partial charge in [0.15, 0.2) is 0 Å². The standard InChI is InChI=1S/C21H29N3O4/c1-21(2,3)28-20(27)23-17-10-11-24(19(17)26)13-18(25)22-16-9-8-14-6-4-5-7-15(14)12-16/h4-7,16-17H,8-13H2,1-3H3,(H,22,25)(H,23,27). The molecule has 1 saturated heterocycles. The molecule has 1 aliphatic carbocycles. The van der Waals surface area contributed by atoms with Gasteiger partial charge in [-0.15, -0.1) is 0 Å². The third-order valence-electron chi connectivity index (χ3n) is 5.03. The number of alkyl carbamates (subject to hydrolysis) is 1. The molecule has 28 heavy (non-hydrogen) atoms. The van der Waals surface area contributed by atoms with Gasteiger partial charge in [0, 0.05) is 12.6 Å². The Bertz CT molecular complexity index is 756. The maximum absolute atomic E-state index is 12.5. The van der Waals surface area contributed by atoms with E-state index in [1.807, 2.05) is 12.1 Å². The molecule has 1 heterocycles. The van der Waals surface area contributed by atoms with E-state index >= 15 is 0 Å². The molecule has 1 aromatic rings. The van der Waals surface area contributed by atoms with Crippen LogP contribution in [0.2, 0.25) is 0 Å². The quantitative estimate of drug-likeness (QED) is 0.824. The molecule has 3 amide bonds. The molecule has 1 aromatic carbocycles. The highest BCUT2D eigenvalue weighted by Crippen LogP contribution is 2.21. The van der Waals surface area contributed by atoms with Crippen LogP contribution in [0.5, 0.6) is 0 Å². The first-order chi connectivity index (χ1) is 13.2. The van der Waals surface area contributed by atoms with Crippen molar-refractivity contribution >= 4 is 17.9 Å². The minimum Gasteiger partial charge on any atom is -0.444 e. The summed E-state index contributed by atoms with van der Waals surface area (Å²) in [4.78, 5) is 38.3. The predicted octanol–water partition coefficient (Wildman–Crippen LogP) is 1.79. The summed E-state index contributed by atoms with van der Waals surface area (Å²) < 4.78 is 5.19. The van der Waals surface area contributed by atoms with Gasteiger partial charge < -0.3 is 20.3 Å². The number of carbonyl (C=O) groups excluding carboxylic acids is 3. The zero-order valence-corrected chi connectivity index (χ0v) is 16.8. The van der Waals surface area contributed by atoms with Gasteiger partial charge in [0.25, 0.3) is 0 Å². The fraction of sp³-hybridized carbons (Fsp3) is 0.571. The smallest absolute Gasteiger partial charge is 0.408 e. The maximum Gasteiger partial charge on any atom is 0.408 e. The van der Waals surface area contributed by atoms with E-state index in [4.69, 9.17) is 4.74 Å². The second-order valence-corrected chi connectivity index (χ2v) is 8.52. The minimum atomic E-state index is -0.635. The van der Waals surface area contributed by atoms with Crippen LogP contribution in [0.15, 0.2) is 24.3 Å². The Labute approximate surface area is 165 Å². The third-order valence-corrected chi connectivity index (χ3v) is 5.03. The number of hydrogen-bond acceptors (Lipinski definition) is 4. The van der Waals surface area contributed by atoms with Crippen LogP contribution in [0.4, 0.5) is 4.79 Å². The van der Waals surface area contributed by atoms with Crippen LogP contribution in [-0.2, 0) is 27.2 Å². The highest BCUT2D eigenvalue weighted by Gasteiger charge is 2.35. The van der Waals surface area contributed by atoms with E-state index in [-0.39, 0.29) is 24.4 Å². The number of rotatable bonds is 4. The van der Waals surface area contributed by atoms with Crippen molar-refractivity contribution in [2.75, 3.05) is 13.1 Å². The van der Waals surface area contributed by atoms with Gasteiger partial charge >= 0.3 is 6.09 Å². The van der Waals surface area contributed by atoms with E-state index in [9.17, 15) is 14.4 Å². The summed E-state index contributed by atoms with van der Waals surface area (Å²) in [5, 5.41) is 5.65. The highest BCUT2D eigenvalue weighted by molar-refractivity contribution is 5.91. The number of ether oxygens (including phenoxy) is 1. The fourth-order valence-electron chi connectivity index (χ4n) is 3.75. The molecule has 2 N–H and O–H groups in total. The summed E-state index contributed by atoms with van der Waals surface area (Å²) in [7, 11) is 0. The molecule has 0 bridgehead atoms. The number of nitrogens with one attached hydrogen (secondary N) is 2. The molecule has 2 atom stereocenters. The molecule has 3 rings (SSSR count). The Hall–Kier alpha value is -2.57. The minimum absolute atomic E-state index is 0.0173. The average Bonchev–Trinajstić information content (AvgIpc) is 2.93. The normalized spacial score (nSPS) is 21.8. The monoisotopic (exact) mass is 387 g/mol. The first-order valence-electron chi connectivity index (χ1n) is 9.86. The zero-order valence-electron chi connectivity index (χ0n) is 16.8. The Morgan fingerprint density at radius 1 is 1.14 bits per heavy atom. The van der Waals surface area contributed by atoms with Gasteiger partial charge in [0.1, 0.15) is 11.6 Å². The van der Waals surface area contributed by atoms with Crippen molar-refractivity contribution in [1.29, 1.82) is 0 Å². The first-order valence-corrected chi connectivity index (χ1v) is 9.86. The molecule has 7 heteroatoms. The second kappa shape index (κ2) is 8.20. The van der Waals surface area contributed by atoms with Crippen molar-refractivity contribution in [3.63, 3.8) is 0 Å². The van der Waals surface area contributed by atoms with Crippen LogP contribution in [0.1, 0.15) is 44.7 Å². The van der Waals surface area contributed by atoms with Crippen LogP contribution in [0.3, 0.4) is 0 Å². The topological polar surface area (TPSA) is 87.7 Å². The molecular weight excluding hydrogens is 358 g/mol. The number of hydrogen-bond donors (Lipinski definition) is 2. The summed E-state index contributed by atoms with van der Waals surface area (Å²) in [6, 6.07) is 7.75. The number of amides is 3. The highest BCUT2D eigenvalue weighted by atomic mass is 16.6. The van der Waals surface area contributed by atoms with Crippen molar-refractivity contribution in [1.82, 2.24) is 15.5 Å². The largest absolute Gasteiger partial charge is 0.444 e. The summed E-state index contributed by atoms with van der Waals surface area (Å²) in [5.41, 5.74) is 2.00. The number of nitrogens with zero attached hydrogens (tertiary/aromatic N) is 1. The molecule has 1 aliphatic heterocycles. The molecule has 7 nitrogen and oxygen atoms in total. The molecular formula is C21H29N3O4. The van der Waals surface area contributed by atoms with Gasteiger partial charge in [-0.05, 0) is 57.6 Å². The van der Waals surface area contributed by atoms with Gasteiger partial charge in [-0.1, -0.05) is 24.3 Å². The number of benzene rings is 1. The summed E-state index contributed by atoms with van der Waals surface area (Å²) in [6.45, 7) is 5.76. The lowest BCUT2D eigenvalue weighted by molar-refractivity contribution is -0.134. The second-order valence-electron chi connectivity index (χ2n) is 8.52. The van der Waals surface area contributed by atoms with E-state index in [2.05, 4.69) is 22.8 Å². The molecule has 0 spiro atoms. The van der Waals surface area contributed by atoms with E-state index in [0.717, 1.165) is 19.3 Å². The van der Waals surface area contributed by atoms with Crippen LogP contribution >= 0.6 is 0 Å². The predicted molar refractivity (Wildman–Crippen MR) is 105 cm³/mol. The Balaban J connectivity index is 1.46. The van der Waals surface area contributed by atoms with E-state index < -0.39 is 17.7 Å². The van der Waals surface area contributed by atoms with Gasteiger partial charge in [-0.3, -0.25) is 9.59 Å². The van der Waals surface area contributed by atoms with Crippen LogP contribution in [0, 0.1) is 0 Å². The number of fused-ring (bicyclic) bond motifs is 1. The Kier molecular flexibility index (Phi) is 5.91. The van der Waals surface area contributed by atoms with Crippen molar-refractivity contribution < 1.29 is 19.1 Å². The molecule has 1 fully saturated rings. The first kappa shape index (κ1) is 20.2. The van der Waals surface area contributed by atoms with Crippen molar-refractivity contribution in [2.45, 2.75) is 64.1 Å². The Morgan fingerprint density at radius 2 is 1.86 bits per heavy atom. The number of carbonyl (C=O) groups is 3. The maximum atomic E-state index is 12.5. The molecule has 0 aromatic heterocycles.